The monoisotopic (exact) mass is 86.1 g/mol. The standard InChI is InChI=1S/C4H10N2/c1-3(5)4(2)6/h5-6H2,1-2H3/b4-3-. The molecule has 0 spiro atoms. The molecule has 2 heteroatoms. The summed E-state index contributed by atoms with van der Waals surface area (Å²) in [7, 11) is 0. The summed E-state index contributed by atoms with van der Waals surface area (Å²) in [5, 5.41) is 0. The minimum atomic E-state index is 0.704. The zero-order valence-corrected chi connectivity index (χ0v) is 4.15. The van der Waals surface area contributed by atoms with E-state index < -0.39 is 0 Å². The van der Waals surface area contributed by atoms with Crippen LogP contribution in [0.4, 0.5) is 0 Å². The first kappa shape index (κ1) is 5.34. The molecule has 0 bridgehead atoms. The Morgan fingerprint density at radius 2 is 1.17 bits per heavy atom. The fourth-order valence-corrected chi connectivity index (χ4v) is 0. The molecule has 36 valence electrons. The molecule has 0 aliphatic heterocycles. The Balaban J connectivity index is 3.68. The molecule has 0 radical (unpaired) electrons. The Hall–Kier alpha value is -0.660. The molecule has 2 nitrogen and oxygen atoms in total. The van der Waals surface area contributed by atoms with Gasteiger partial charge in [0.25, 0.3) is 0 Å². The van der Waals surface area contributed by atoms with Crippen LogP contribution in [0.3, 0.4) is 0 Å². The number of allylic oxidation sites excluding steroid dienone is 2. The molecule has 6 heavy (non-hydrogen) atoms. The topological polar surface area (TPSA) is 52.0 Å². The second-order valence-electron chi connectivity index (χ2n) is 1.37. The van der Waals surface area contributed by atoms with E-state index in [2.05, 4.69) is 0 Å². The van der Waals surface area contributed by atoms with Gasteiger partial charge in [0.15, 0.2) is 0 Å². The highest BCUT2D eigenvalue weighted by atomic mass is 14.7. The van der Waals surface area contributed by atoms with E-state index in [0.29, 0.717) is 11.4 Å². The van der Waals surface area contributed by atoms with Crippen LogP contribution in [0.25, 0.3) is 0 Å². The SMILES string of the molecule is C/C(N)=C(\C)N. The zero-order chi connectivity index (χ0) is 5.15. The van der Waals surface area contributed by atoms with Crippen LogP contribution in [0.1, 0.15) is 13.8 Å². The maximum absolute atomic E-state index is 5.19. The van der Waals surface area contributed by atoms with E-state index in [9.17, 15) is 0 Å². The highest BCUT2D eigenvalue weighted by molar-refractivity contribution is 4.99. The van der Waals surface area contributed by atoms with Crippen molar-refractivity contribution in [2.45, 2.75) is 13.8 Å². The largest absolute Gasteiger partial charge is 0.401 e. The smallest absolute Gasteiger partial charge is 0.0237 e. The predicted molar refractivity (Wildman–Crippen MR) is 26.7 cm³/mol. The van der Waals surface area contributed by atoms with Gasteiger partial charge < -0.3 is 11.5 Å². The van der Waals surface area contributed by atoms with Gasteiger partial charge in [-0.25, -0.2) is 0 Å². The van der Waals surface area contributed by atoms with Crippen molar-refractivity contribution >= 4 is 0 Å². The van der Waals surface area contributed by atoms with E-state index in [4.69, 9.17) is 11.5 Å². The Labute approximate surface area is 37.8 Å². The molecule has 0 aliphatic rings. The van der Waals surface area contributed by atoms with Gasteiger partial charge in [-0.3, -0.25) is 0 Å². The lowest BCUT2D eigenvalue weighted by molar-refractivity contribution is 1.16. The van der Waals surface area contributed by atoms with Crippen molar-refractivity contribution in [1.29, 1.82) is 0 Å². The molecule has 0 aromatic heterocycles. The third-order valence-electron chi connectivity index (χ3n) is 0.622. The molecule has 0 atom stereocenters. The van der Waals surface area contributed by atoms with Crippen LogP contribution in [-0.4, -0.2) is 0 Å². The molecular formula is C4H10N2. The zero-order valence-electron chi connectivity index (χ0n) is 4.15. The molecule has 0 saturated carbocycles. The number of nitrogens with two attached hydrogens (primary N) is 2. The maximum Gasteiger partial charge on any atom is 0.0237 e. The minimum Gasteiger partial charge on any atom is -0.401 e. The highest BCUT2D eigenvalue weighted by Crippen LogP contribution is 1.82. The summed E-state index contributed by atoms with van der Waals surface area (Å²) in [6.07, 6.45) is 0. The van der Waals surface area contributed by atoms with Crippen molar-refractivity contribution in [3.63, 3.8) is 0 Å². The van der Waals surface area contributed by atoms with Gasteiger partial charge >= 0.3 is 0 Å². The first-order chi connectivity index (χ1) is 2.64. The highest BCUT2D eigenvalue weighted by Gasteiger charge is 1.76. The number of hydrogen-bond donors (Lipinski definition) is 2. The van der Waals surface area contributed by atoms with Crippen LogP contribution in [0, 0.1) is 0 Å². The lowest BCUT2D eigenvalue weighted by atomic mass is 10.4. The van der Waals surface area contributed by atoms with E-state index >= 15 is 0 Å². The molecule has 0 aromatic rings. The van der Waals surface area contributed by atoms with Crippen molar-refractivity contribution in [2.24, 2.45) is 11.5 Å². The van der Waals surface area contributed by atoms with Crippen molar-refractivity contribution in [3.05, 3.63) is 11.4 Å². The fraction of sp³-hybridized carbons (Fsp3) is 0.500. The van der Waals surface area contributed by atoms with Crippen LogP contribution in [0.2, 0.25) is 0 Å². The predicted octanol–water partition coefficient (Wildman–Crippen LogP) is 0.155. The average Bonchev–Trinajstić information content (AvgIpc) is 1.36. The van der Waals surface area contributed by atoms with Crippen LogP contribution in [0.5, 0.6) is 0 Å². The van der Waals surface area contributed by atoms with Crippen molar-refractivity contribution in [3.8, 4) is 0 Å². The fourth-order valence-electron chi connectivity index (χ4n) is 0. The van der Waals surface area contributed by atoms with Gasteiger partial charge in [0, 0.05) is 11.4 Å². The summed E-state index contributed by atoms with van der Waals surface area (Å²) >= 11 is 0. The summed E-state index contributed by atoms with van der Waals surface area (Å²) in [6.45, 7) is 3.55. The van der Waals surface area contributed by atoms with Crippen LogP contribution in [0.15, 0.2) is 11.4 Å². The van der Waals surface area contributed by atoms with Gasteiger partial charge in [0.1, 0.15) is 0 Å². The van der Waals surface area contributed by atoms with Gasteiger partial charge in [-0.05, 0) is 13.8 Å². The van der Waals surface area contributed by atoms with Gasteiger partial charge in [-0.1, -0.05) is 0 Å². The van der Waals surface area contributed by atoms with Crippen LogP contribution < -0.4 is 11.5 Å². The molecule has 0 saturated heterocycles. The molecule has 4 N–H and O–H groups in total. The van der Waals surface area contributed by atoms with Crippen molar-refractivity contribution in [1.82, 2.24) is 0 Å². The van der Waals surface area contributed by atoms with Gasteiger partial charge in [0.05, 0.1) is 0 Å². The Morgan fingerprint density at radius 1 is 1.00 bits per heavy atom. The molecule has 0 amide bonds. The van der Waals surface area contributed by atoms with Crippen LogP contribution >= 0.6 is 0 Å². The molecule has 0 rings (SSSR count). The summed E-state index contributed by atoms with van der Waals surface area (Å²) in [5.41, 5.74) is 11.8. The normalized spacial score (nSPS) is 13.7. The molecular weight excluding hydrogens is 76.1 g/mol. The molecule has 0 heterocycles. The number of hydrogen-bond acceptors (Lipinski definition) is 2. The first-order valence-electron chi connectivity index (χ1n) is 1.83. The lowest BCUT2D eigenvalue weighted by Gasteiger charge is -1.89. The van der Waals surface area contributed by atoms with Crippen LogP contribution in [-0.2, 0) is 0 Å². The third kappa shape index (κ3) is 1.64. The quantitative estimate of drug-likeness (QED) is 0.441. The molecule has 0 unspecified atom stereocenters. The summed E-state index contributed by atoms with van der Waals surface area (Å²) in [5.74, 6) is 0. The average molecular weight is 86.1 g/mol. The maximum atomic E-state index is 5.19. The van der Waals surface area contributed by atoms with Gasteiger partial charge in [-0.15, -0.1) is 0 Å². The first-order valence-corrected chi connectivity index (χ1v) is 1.83. The lowest BCUT2D eigenvalue weighted by Crippen LogP contribution is -2.02. The Bertz CT molecular complexity index is 55.6. The van der Waals surface area contributed by atoms with E-state index in [1.165, 1.54) is 0 Å². The minimum absolute atomic E-state index is 0.704. The molecule has 0 fully saturated rings. The second-order valence-corrected chi connectivity index (χ2v) is 1.37. The van der Waals surface area contributed by atoms with E-state index in [1.54, 1.807) is 13.8 Å². The molecule has 0 aromatic carbocycles. The van der Waals surface area contributed by atoms with Crippen molar-refractivity contribution in [2.75, 3.05) is 0 Å². The third-order valence-corrected chi connectivity index (χ3v) is 0.622. The van der Waals surface area contributed by atoms with Gasteiger partial charge in [0.2, 0.25) is 0 Å². The Kier molecular flexibility index (Phi) is 1.51. The van der Waals surface area contributed by atoms with Crippen molar-refractivity contribution < 1.29 is 0 Å². The number of rotatable bonds is 0. The molecule has 0 aliphatic carbocycles. The summed E-state index contributed by atoms with van der Waals surface area (Å²) < 4.78 is 0. The van der Waals surface area contributed by atoms with Gasteiger partial charge in [-0.2, -0.15) is 0 Å². The second kappa shape index (κ2) is 1.70. The van der Waals surface area contributed by atoms with E-state index in [1.807, 2.05) is 0 Å². The Morgan fingerprint density at radius 3 is 1.17 bits per heavy atom. The van der Waals surface area contributed by atoms with E-state index in [-0.39, 0.29) is 0 Å². The van der Waals surface area contributed by atoms with E-state index in [0.717, 1.165) is 0 Å². The summed E-state index contributed by atoms with van der Waals surface area (Å²) in [6, 6.07) is 0. The summed E-state index contributed by atoms with van der Waals surface area (Å²) in [4.78, 5) is 0.